The Morgan fingerprint density at radius 2 is 2.13 bits per heavy atom. The molecule has 0 spiro atoms. The predicted molar refractivity (Wildman–Crippen MR) is 119 cm³/mol. The van der Waals surface area contributed by atoms with Crippen LogP contribution in [0.25, 0.3) is 5.57 Å². The van der Waals surface area contributed by atoms with E-state index in [9.17, 15) is 14.4 Å². The average Bonchev–Trinajstić information content (AvgIpc) is 3.33. The maximum absolute atomic E-state index is 12.7. The molecular weight excluding hydrogens is 394 g/mol. The lowest BCUT2D eigenvalue weighted by atomic mass is 9.92. The van der Waals surface area contributed by atoms with Crippen molar-refractivity contribution in [2.75, 3.05) is 13.1 Å². The van der Waals surface area contributed by atoms with Gasteiger partial charge < -0.3 is 16.0 Å². The molecule has 3 rings (SSSR count). The number of hydrogen-bond acceptors (Lipinski definition) is 5. The SMILES string of the molecule is CC(N)=CC(=O)CC(=O)N1CCC[C@H]1C(=O)NCC1C=CC(c2c(C)n[nH]c2C)=CC1. The maximum atomic E-state index is 12.7. The number of allylic oxidation sites excluding steroid dienone is 5. The Balaban J connectivity index is 1.51. The van der Waals surface area contributed by atoms with E-state index in [0.717, 1.165) is 35.4 Å². The van der Waals surface area contributed by atoms with Crippen LogP contribution in [-0.2, 0) is 14.4 Å². The molecule has 1 aliphatic carbocycles. The summed E-state index contributed by atoms with van der Waals surface area (Å²) in [6, 6.07) is -0.516. The number of likely N-dealkylation sites (tertiary alicyclic amines) is 1. The van der Waals surface area contributed by atoms with Gasteiger partial charge in [0.15, 0.2) is 5.78 Å². The molecule has 2 heterocycles. The van der Waals surface area contributed by atoms with Crippen molar-refractivity contribution in [3.05, 3.63) is 47.0 Å². The van der Waals surface area contributed by atoms with Crippen LogP contribution in [0.5, 0.6) is 0 Å². The molecular formula is C23H31N5O3. The zero-order valence-corrected chi connectivity index (χ0v) is 18.4. The van der Waals surface area contributed by atoms with E-state index >= 15 is 0 Å². The summed E-state index contributed by atoms with van der Waals surface area (Å²) in [4.78, 5) is 38.6. The number of H-pyrrole nitrogens is 1. The van der Waals surface area contributed by atoms with Crippen LogP contribution in [0.2, 0.25) is 0 Å². The topological polar surface area (TPSA) is 121 Å². The molecule has 8 heteroatoms. The van der Waals surface area contributed by atoms with Crippen molar-refractivity contribution in [1.29, 1.82) is 0 Å². The quantitative estimate of drug-likeness (QED) is 0.455. The van der Waals surface area contributed by atoms with Crippen LogP contribution in [0.3, 0.4) is 0 Å². The van der Waals surface area contributed by atoms with Gasteiger partial charge in [-0.3, -0.25) is 19.5 Å². The lowest BCUT2D eigenvalue weighted by Crippen LogP contribution is -2.47. The number of hydrogen-bond donors (Lipinski definition) is 3. The minimum Gasteiger partial charge on any atom is -0.402 e. The molecule has 1 unspecified atom stereocenters. The number of carbonyl (C=O) groups is 3. The van der Waals surface area contributed by atoms with Crippen molar-refractivity contribution in [2.45, 2.75) is 52.5 Å². The Labute approximate surface area is 182 Å². The second kappa shape index (κ2) is 9.76. The summed E-state index contributed by atoms with van der Waals surface area (Å²) in [7, 11) is 0. The fourth-order valence-electron chi connectivity index (χ4n) is 4.22. The molecule has 166 valence electrons. The number of aromatic amines is 1. The Kier molecular flexibility index (Phi) is 7.09. The third-order valence-electron chi connectivity index (χ3n) is 5.73. The second-order valence-electron chi connectivity index (χ2n) is 8.35. The Bertz CT molecular complexity index is 933. The van der Waals surface area contributed by atoms with Crippen LogP contribution >= 0.6 is 0 Å². The van der Waals surface area contributed by atoms with Crippen LogP contribution in [0.4, 0.5) is 0 Å². The van der Waals surface area contributed by atoms with Gasteiger partial charge in [0.25, 0.3) is 0 Å². The number of carbonyl (C=O) groups excluding carboxylic acids is 3. The molecule has 0 radical (unpaired) electrons. The minimum absolute atomic E-state index is 0.159. The summed E-state index contributed by atoms with van der Waals surface area (Å²) in [6.07, 6.45) is 9.54. The number of aromatic nitrogens is 2. The first-order valence-electron chi connectivity index (χ1n) is 10.7. The van der Waals surface area contributed by atoms with Crippen molar-refractivity contribution >= 4 is 23.2 Å². The number of amides is 2. The molecule has 1 aromatic rings. The van der Waals surface area contributed by atoms with Crippen molar-refractivity contribution in [2.24, 2.45) is 11.7 Å². The normalized spacial score (nSPS) is 21.2. The first-order valence-corrected chi connectivity index (χ1v) is 10.7. The molecule has 0 saturated carbocycles. The summed E-state index contributed by atoms with van der Waals surface area (Å²) in [5.41, 5.74) is 10.2. The zero-order chi connectivity index (χ0) is 22.5. The van der Waals surface area contributed by atoms with Gasteiger partial charge >= 0.3 is 0 Å². The summed E-state index contributed by atoms with van der Waals surface area (Å²) < 4.78 is 0. The molecule has 2 amide bonds. The van der Waals surface area contributed by atoms with Gasteiger partial charge in [0, 0.05) is 36.1 Å². The molecule has 8 nitrogen and oxygen atoms in total. The highest BCUT2D eigenvalue weighted by Crippen LogP contribution is 2.27. The molecule has 31 heavy (non-hydrogen) atoms. The molecule has 1 aromatic heterocycles. The van der Waals surface area contributed by atoms with Crippen molar-refractivity contribution in [3.63, 3.8) is 0 Å². The largest absolute Gasteiger partial charge is 0.402 e. The minimum atomic E-state index is -0.516. The van der Waals surface area contributed by atoms with Gasteiger partial charge in [0.1, 0.15) is 6.04 Å². The summed E-state index contributed by atoms with van der Waals surface area (Å²) in [5.74, 6) is -0.621. The molecule has 4 N–H and O–H groups in total. The van der Waals surface area contributed by atoms with Gasteiger partial charge in [-0.1, -0.05) is 18.2 Å². The molecule has 1 aliphatic heterocycles. The third-order valence-corrected chi connectivity index (χ3v) is 5.73. The fraction of sp³-hybridized carbons (Fsp3) is 0.478. The van der Waals surface area contributed by atoms with E-state index in [4.69, 9.17) is 5.73 Å². The van der Waals surface area contributed by atoms with Crippen molar-refractivity contribution in [3.8, 4) is 0 Å². The molecule has 1 saturated heterocycles. The highest BCUT2D eigenvalue weighted by Gasteiger charge is 2.34. The number of rotatable bonds is 7. The van der Waals surface area contributed by atoms with Gasteiger partial charge in [0.2, 0.25) is 11.8 Å². The number of ketones is 1. The van der Waals surface area contributed by atoms with E-state index in [1.54, 1.807) is 6.92 Å². The maximum Gasteiger partial charge on any atom is 0.242 e. The summed E-state index contributed by atoms with van der Waals surface area (Å²) in [5, 5.41) is 10.2. The van der Waals surface area contributed by atoms with Gasteiger partial charge in [-0.05, 0) is 51.5 Å². The fourth-order valence-corrected chi connectivity index (χ4v) is 4.22. The van der Waals surface area contributed by atoms with Gasteiger partial charge in [-0.15, -0.1) is 0 Å². The zero-order valence-electron chi connectivity index (χ0n) is 18.4. The lowest BCUT2D eigenvalue weighted by Gasteiger charge is -2.25. The Hall–Kier alpha value is -3.16. The van der Waals surface area contributed by atoms with E-state index < -0.39 is 6.04 Å². The molecule has 2 aliphatic rings. The number of nitrogens with two attached hydrogens (primary N) is 1. The Morgan fingerprint density at radius 3 is 2.74 bits per heavy atom. The van der Waals surface area contributed by atoms with Crippen LogP contribution in [0.1, 0.15) is 49.6 Å². The first kappa shape index (κ1) is 22.5. The highest BCUT2D eigenvalue weighted by molar-refractivity contribution is 6.05. The Morgan fingerprint density at radius 1 is 1.35 bits per heavy atom. The first-order chi connectivity index (χ1) is 14.8. The summed E-state index contributed by atoms with van der Waals surface area (Å²) >= 11 is 0. The van der Waals surface area contributed by atoms with E-state index in [-0.39, 0.29) is 29.9 Å². The molecule has 2 atom stereocenters. The number of nitrogens with zero attached hydrogens (tertiary/aromatic N) is 2. The average molecular weight is 426 g/mol. The van der Waals surface area contributed by atoms with E-state index in [1.807, 2.05) is 13.8 Å². The monoisotopic (exact) mass is 425 g/mol. The predicted octanol–water partition coefficient (Wildman–Crippen LogP) is 1.91. The lowest BCUT2D eigenvalue weighted by molar-refractivity contribution is -0.140. The standard InChI is InChI=1S/C23H31N5O3/c1-14(24)11-19(29)12-21(30)28-10-4-5-20(28)23(31)25-13-17-6-8-18(9-7-17)22-15(2)26-27-16(22)3/h6,8-9,11,17,20H,4-5,7,10,12-13,24H2,1-3H3,(H,25,31)(H,26,27)/t17?,20-/m0/s1. The van der Waals surface area contributed by atoms with Crippen LogP contribution in [0, 0.1) is 19.8 Å². The van der Waals surface area contributed by atoms with Crippen LogP contribution < -0.4 is 11.1 Å². The van der Waals surface area contributed by atoms with Crippen LogP contribution in [0.15, 0.2) is 30.0 Å². The van der Waals surface area contributed by atoms with Gasteiger partial charge in [-0.25, -0.2) is 0 Å². The molecule has 0 bridgehead atoms. The van der Waals surface area contributed by atoms with E-state index in [1.165, 1.54) is 11.0 Å². The van der Waals surface area contributed by atoms with E-state index in [0.29, 0.717) is 25.2 Å². The van der Waals surface area contributed by atoms with Gasteiger partial charge in [0.05, 0.1) is 12.1 Å². The van der Waals surface area contributed by atoms with Crippen molar-refractivity contribution < 1.29 is 14.4 Å². The van der Waals surface area contributed by atoms with Gasteiger partial charge in [-0.2, -0.15) is 5.10 Å². The smallest absolute Gasteiger partial charge is 0.242 e. The number of nitrogens with one attached hydrogen (secondary N) is 2. The molecule has 0 aromatic carbocycles. The van der Waals surface area contributed by atoms with E-state index in [2.05, 4.69) is 33.7 Å². The molecule has 1 fully saturated rings. The summed E-state index contributed by atoms with van der Waals surface area (Å²) in [6.45, 7) is 6.59. The number of aryl methyl sites for hydroxylation is 2. The third kappa shape index (κ3) is 5.51. The highest BCUT2D eigenvalue weighted by atomic mass is 16.2. The van der Waals surface area contributed by atoms with Crippen molar-refractivity contribution in [1.82, 2.24) is 20.4 Å². The van der Waals surface area contributed by atoms with Crippen LogP contribution in [-0.4, -0.2) is 51.8 Å². The second-order valence-corrected chi connectivity index (χ2v) is 8.35.